The second-order valence-corrected chi connectivity index (χ2v) is 12.6. The molecule has 0 unspecified atom stereocenters. The van der Waals surface area contributed by atoms with Crippen LogP contribution in [0.5, 0.6) is 0 Å². The van der Waals surface area contributed by atoms with E-state index in [0.29, 0.717) is 12.4 Å². The first-order valence-corrected chi connectivity index (χ1v) is 17.0. The van der Waals surface area contributed by atoms with Crippen LogP contribution in [0.15, 0.2) is 192 Å². The zero-order chi connectivity index (χ0) is 33.3. The fraction of sp³-hybridized carbons (Fsp3) is 0.0213. The number of hydrogen-bond donors (Lipinski definition) is 0. The Bertz CT molecular complexity index is 2700. The molecule has 1 aromatic heterocycles. The topological polar surface area (TPSA) is 29.6 Å². The Morgan fingerprint density at radius 1 is 0.500 bits per heavy atom. The van der Waals surface area contributed by atoms with Crippen molar-refractivity contribution in [2.75, 3.05) is 0 Å². The molecule has 0 fully saturated rings. The highest BCUT2D eigenvalue weighted by Crippen LogP contribution is 2.38. The van der Waals surface area contributed by atoms with E-state index in [4.69, 9.17) is 9.98 Å². The van der Waals surface area contributed by atoms with Gasteiger partial charge in [0.05, 0.1) is 17.6 Å². The SMILES string of the molecule is C(=NC(=NCc1ccccc1)c1c(-c2ccc(-n3c4ccccc4c4ccc5ccccc5c43)cc2)ccc2ccccc12)c1ccccc1. The molecule has 0 radical (unpaired) electrons. The molecular weight excluding hydrogens is 607 g/mol. The van der Waals surface area contributed by atoms with Crippen molar-refractivity contribution in [1.29, 1.82) is 0 Å². The summed E-state index contributed by atoms with van der Waals surface area (Å²) in [5, 5.41) is 7.28. The van der Waals surface area contributed by atoms with Gasteiger partial charge < -0.3 is 4.57 Å². The van der Waals surface area contributed by atoms with E-state index in [0.717, 1.165) is 44.3 Å². The van der Waals surface area contributed by atoms with Gasteiger partial charge in [-0.2, -0.15) is 0 Å². The summed E-state index contributed by atoms with van der Waals surface area (Å²) in [6, 6.07) is 64.4. The lowest BCUT2D eigenvalue weighted by molar-refractivity contribution is 1.06. The third-order valence-electron chi connectivity index (χ3n) is 9.54. The molecule has 1 heterocycles. The van der Waals surface area contributed by atoms with Crippen molar-refractivity contribution in [3.05, 3.63) is 199 Å². The van der Waals surface area contributed by atoms with Gasteiger partial charge in [-0.25, -0.2) is 4.99 Å². The van der Waals surface area contributed by atoms with E-state index in [2.05, 4.69) is 162 Å². The number of benzene rings is 8. The summed E-state index contributed by atoms with van der Waals surface area (Å²) in [5.41, 5.74) is 8.97. The molecule has 3 heteroatoms. The van der Waals surface area contributed by atoms with Gasteiger partial charge in [0.1, 0.15) is 0 Å². The summed E-state index contributed by atoms with van der Waals surface area (Å²) >= 11 is 0. The van der Waals surface area contributed by atoms with E-state index in [1.165, 1.54) is 32.6 Å². The van der Waals surface area contributed by atoms with E-state index in [1.54, 1.807) is 0 Å². The van der Waals surface area contributed by atoms with Crippen molar-refractivity contribution in [3.8, 4) is 16.8 Å². The van der Waals surface area contributed by atoms with Gasteiger partial charge in [0, 0.05) is 33.6 Å². The predicted octanol–water partition coefficient (Wildman–Crippen LogP) is 11.8. The minimum atomic E-state index is 0.533. The fourth-order valence-corrected chi connectivity index (χ4v) is 7.15. The van der Waals surface area contributed by atoms with Gasteiger partial charge in [-0.15, -0.1) is 0 Å². The molecule has 9 rings (SSSR count). The van der Waals surface area contributed by atoms with Gasteiger partial charge in [-0.05, 0) is 56.6 Å². The molecule has 0 spiro atoms. The highest BCUT2D eigenvalue weighted by Gasteiger charge is 2.17. The van der Waals surface area contributed by atoms with Crippen molar-refractivity contribution in [3.63, 3.8) is 0 Å². The highest BCUT2D eigenvalue weighted by molar-refractivity contribution is 6.19. The zero-order valence-electron chi connectivity index (χ0n) is 27.4. The monoisotopic (exact) mass is 639 g/mol. The molecule has 236 valence electrons. The zero-order valence-corrected chi connectivity index (χ0v) is 27.4. The Morgan fingerprint density at radius 3 is 1.90 bits per heavy atom. The lowest BCUT2D eigenvalue weighted by atomic mass is 9.93. The van der Waals surface area contributed by atoms with Crippen LogP contribution in [0.2, 0.25) is 0 Å². The first kappa shape index (κ1) is 29.6. The number of hydrogen-bond acceptors (Lipinski definition) is 1. The number of fused-ring (bicyclic) bond motifs is 6. The van der Waals surface area contributed by atoms with Crippen LogP contribution >= 0.6 is 0 Å². The number of aromatic nitrogens is 1. The van der Waals surface area contributed by atoms with Crippen molar-refractivity contribution >= 4 is 55.4 Å². The summed E-state index contributed by atoms with van der Waals surface area (Å²) in [5.74, 6) is 0.711. The molecule has 0 bridgehead atoms. The van der Waals surface area contributed by atoms with Crippen molar-refractivity contribution in [1.82, 2.24) is 4.57 Å². The maximum absolute atomic E-state index is 5.19. The van der Waals surface area contributed by atoms with Crippen LogP contribution in [-0.2, 0) is 6.54 Å². The Balaban J connectivity index is 1.22. The second-order valence-electron chi connectivity index (χ2n) is 12.6. The van der Waals surface area contributed by atoms with Crippen LogP contribution in [0.4, 0.5) is 0 Å². The average Bonchev–Trinajstić information content (AvgIpc) is 3.53. The predicted molar refractivity (Wildman–Crippen MR) is 212 cm³/mol. The molecule has 50 heavy (non-hydrogen) atoms. The summed E-state index contributed by atoms with van der Waals surface area (Å²) in [6.45, 7) is 0.533. The molecule has 0 saturated heterocycles. The van der Waals surface area contributed by atoms with Crippen molar-refractivity contribution in [2.24, 2.45) is 9.98 Å². The summed E-state index contributed by atoms with van der Waals surface area (Å²) in [4.78, 5) is 10.3. The maximum atomic E-state index is 5.19. The largest absolute Gasteiger partial charge is 0.309 e. The van der Waals surface area contributed by atoms with Gasteiger partial charge >= 0.3 is 0 Å². The lowest BCUT2D eigenvalue weighted by Gasteiger charge is -2.15. The van der Waals surface area contributed by atoms with Crippen molar-refractivity contribution < 1.29 is 0 Å². The second kappa shape index (κ2) is 12.8. The minimum absolute atomic E-state index is 0.533. The number of aliphatic imine (C=N–C) groups is 2. The molecule has 0 aliphatic heterocycles. The minimum Gasteiger partial charge on any atom is -0.309 e. The smallest absolute Gasteiger partial charge is 0.156 e. The Kier molecular flexibility index (Phi) is 7.56. The van der Waals surface area contributed by atoms with Crippen LogP contribution < -0.4 is 0 Å². The number of amidine groups is 1. The quantitative estimate of drug-likeness (QED) is 0.128. The van der Waals surface area contributed by atoms with E-state index >= 15 is 0 Å². The molecule has 9 aromatic rings. The Morgan fingerprint density at radius 2 is 1.12 bits per heavy atom. The number of para-hydroxylation sites is 1. The third kappa shape index (κ3) is 5.35. The molecular formula is C47H33N3. The average molecular weight is 640 g/mol. The highest BCUT2D eigenvalue weighted by atomic mass is 15.0. The van der Waals surface area contributed by atoms with E-state index in [9.17, 15) is 0 Å². The summed E-state index contributed by atoms with van der Waals surface area (Å²) in [7, 11) is 0. The van der Waals surface area contributed by atoms with Gasteiger partial charge in [-0.3, -0.25) is 4.99 Å². The first-order chi connectivity index (χ1) is 24.8. The molecule has 0 aliphatic rings. The van der Waals surface area contributed by atoms with Gasteiger partial charge in [-0.1, -0.05) is 164 Å². The molecule has 0 atom stereocenters. The molecule has 8 aromatic carbocycles. The van der Waals surface area contributed by atoms with Gasteiger partial charge in [0.15, 0.2) is 5.84 Å². The molecule has 0 saturated carbocycles. The molecule has 0 N–H and O–H groups in total. The van der Waals surface area contributed by atoms with Gasteiger partial charge in [0.25, 0.3) is 0 Å². The van der Waals surface area contributed by atoms with Crippen LogP contribution in [0.3, 0.4) is 0 Å². The molecule has 0 aliphatic carbocycles. The van der Waals surface area contributed by atoms with E-state index < -0.39 is 0 Å². The van der Waals surface area contributed by atoms with Crippen LogP contribution in [0, 0.1) is 0 Å². The fourth-order valence-electron chi connectivity index (χ4n) is 7.15. The van der Waals surface area contributed by atoms with Crippen LogP contribution in [0.1, 0.15) is 16.7 Å². The van der Waals surface area contributed by atoms with Gasteiger partial charge in [0.2, 0.25) is 0 Å². The van der Waals surface area contributed by atoms with Crippen LogP contribution in [0.25, 0.3) is 60.2 Å². The summed E-state index contributed by atoms with van der Waals surface area (Å²) in [6.07, 6.45) is 1.92. The molecule has 0 amide bonds. The first-order valence-electron chi connectivity index (χ1n) is 17.0. The lowest BCUT2D eigenvalue weighted by Crippen LogP contribution is -2.04. The number of nitrogens with zero attached hydrogens (tertiary/aromatic N) is 3. The Labute approximate surface area is 291 Å². The van der Waals surface area contributed by atoms with Crippen molar-refractivity contribution in [2.45, 2.75) is 6.54 Å². The van der Waals surface area contributed by atoms with E-state index in [1.807, 2.05) is 30.5 Å². The maximum Gasteiger partial charge on any atom is 0.156 e. The summed E-state index contributed by atoms with van der Waals surface area (Å²) < 4.78 is 2.41. The molecule has 3 nitrogen and oxygen atoms in total. The normalized spacial score (nSPS) is 12.1. The van der Waals surface area contributed by atoms with E-state index in [-0.39, 0.29) is 0 Å². The standard InChI is InChI=1S/C47H33N3/c1-3-13-33(14-4-1)31-48-47(49-32-34-15-5-2-6-16-34)45-39-19-9-7-17-35(39)25-29-40(45)37-23-27-38(28-24-37)50-44-22-12-11-21-42(44)43-30-26-36-18-8-10-20-41(36)46(43)50/h1-31H,32H2. The van der Waals surface area contributed by atoms with Crippen LogP contribution in [-0.4, -0.2) is 16.6 Å². The third-order valence-corrected chi connectivity index (χ3v) is 9.54. The Hall–Kier alpha value is -6.58. The number of rotatable bonds is 6.